The van der Waals surface area contributed by atoms with Crippen molar-refractivity contribution >= 4 is 39.8 Å². The lowest BCUT2D eigenvalue weighted by Crippen LogP contribution is -2.31. The van der Waals surface area contributed by atoms with Crippen molar-refractivity contribution in [3.8, 4) is 0 Å². The van der Waals surface area contributed by atoms with Gasteiger partial charge in [-0.3, -0.25) is 9.69 Å². The van der Waals surface area contributed by atoms with Crippen molar-refractivity contribution in [2.24, 2.45) is 10.2 Å². The molecular weight excluding hydrogens is 409 g/mol. The summed E-state index contributed by atoms with van der Waals surface area (Å²) in [5, 5.41) is 11.4. The Labute approximate surface area is 185 Å². The first-order valence-electron chi connectivity index (χ1n) is 10.5. The molecule has 0 radical (unpaired) electrons. The lowest BCUT2D eigenvalue weighted by Gasteiger charge is -2.16. The number of unbranched alkanes of at least 4 members (excludes halogenated alkanes) is 1. The van der Waals surface area contributed by atoms with Gasteiger partial charge in [-0.2, -0.15) is 5.10 Å². The molecule has 1 amide bonds. The average Bonchev–Trinajstić information content (AvgIpc) is 3.08. The van der Waals surface area contributed by atoms with Crippen molar-refractivity contribution < 1.29 is 9.18 Å². The number of rotatable bonds is 7. The first-order chi connectivity index (χ1) is 15.2. The molecule has 0 spiro atoms. The van der Waals surface area contributed by atoms with Crippen molar-refractivity contribution in [2.75, 3.05) is 0 Å². The lowest BCUT2D eigenvalue weighted by molar-refractivity contribution is -0.126. The molecule has 0 aromatic heterocycles. The fourth-order valence-corrected chi connectivity index (χ4v) is 4.72. The highest BCUT2D eigenvalue weighted by Crippen LogP contribution is 2.32. The van der Waals surface area contributed by atoms with Gasteiger partial charge in [0.05, 0.1) is 18.0 Å². The van der Waals surface area contributed by atoms with Crippen LogP contribution in [0.25, 0.3) is 10.8 Å². The Morgan fingerprint density at radius 1 is 1.06 bits per heavy atom. The first-order valence-corrected chi connectivity index (χ1v) is 11.3. The van der Waals surface area contributed by atoms with Crippen molar-refractivity contribution in [1.29, 1.82) is 0 Å². The van der Waals surface area contributed by atoms with E-state index in [9.17, 15) is 9.18 Å². The van der Waals surface area contributed by atoms with Crippen LogP contribution in [0, 0.1) is 5.82 Å². The van der Waals surface area contributed by atoms with E-state index in [0.29, 0.717) is 11.7 Å². The van der Waals surface area contributed by atoms with E-state index in [1.807, 2.05) is 24.3 Å². The minimum absolute atomic E-state index is 0.0434. The van der Waals surface area contributed by atoms with Crippen LogP contribution in [0.3, 0.4) is 0 Å². The minimum Gasteiger partial charge on any atom is -0.284 e. The summed E-state index contributed by atoms with van der Waals surface area (Å²) in [6.45, 7) is 2.47. The molecule has 0 aliphatic carbocycles. The van der Waals surface area contributed by atoms with E-state index in [4.69, 9.17) is 0 Å². The number of carbonyl (C=O) groups is 1. The van der Waals surface area contributed by atoms with Gasteiger partial charge in [0.1, 0.15) is 5.82 Å². The summed E-state index contributed by atoms with van der Waals surface area (Å²) >= 11 is 1.47. The second-order valence-corrected chi connectivity index (χ2v) is 8.66. The standard InChI is InChI=1S/C25H24FN3OS/c1-2-3-11-23-24(30)29(17-18-12-14-21(26)15-13-18)25(31-23)28-27-16-20-9-6-8-19-7-4-5-10-22(19)20/h4-10,12-16,23H,2-3,11,17H2,1H3/b27-16-,28-25+/t23-/m1/s1. The van der Waals surface area contributed by atoms with Crippen LogP contribution >= 0.6 is 11.8 Å². The summed E-state index contributed by atoms with van der Waals surface area (Å²) in [6, 6.07) is 20.4. The molecule has 1 aliphatic heterocycles. The molecule has 1 aliphatic rings. The van der Waals surface area contributed by atoms with Gasteiger partial charge in [-0.25, -0.2) is 4.39 Å². The van der Waals surface area contributed by atoms with E-state index >= 15 is 0 Å². The third kappa shape index (κ3) is 5.02. The second-order valence-electron chi connectivity index (χ2n) is 7.50. The number of amidine groups is 1. The SMILES string of the molecule is CCCC[C@H]1S/C(=N/N=C\c2cccc3ccccc23)N(Cc2ccc(F)cc2)C1=O. The summed E-state index contributed by atoms with van der Waals surface area (Å²) in [7, 11) is 0. The van der Waals surface area contributed by atoms with Crippen molar-refractivity contribution in [3.05, 3.63) is 83.7 Å². The van der Waals surface area contributed by atoms with E-state index < -0.39 is 0 Å². The number of hydrogen-bond donors (Lipinski definition) is 0. The number of hydrogen-bond acceptors (Lipinski definition) is 4. The van der Waals surface area contributed by atoms with Crippen LogP contribution in [0.2, 0.25) is 0 Å². The third-order valence-corrected chi connectivity index (χ3v) is 6.49. The van der Waals surface area contributed by atoms with Crippen molar-refractivity contribution in [3.63, 3.8) is 0 Å². The second kappa shape index (κ2) is 9.88. The number of nitrogens with zero attached hydrogens (tertiary/aromatic N) is 3. The largest absolute Gasteiger partial charge is 0.284 e. The number of fused-ring (bicyclic) bond motifs is 1. The van der Waals surface area contributed by atoms with Gasteiger partial charge in [0, 0.05) is 5.56 Å². The van der Waals surface area contributed by atoms with E-state index in [-0.39, 0.29) is 17.0 Å². The summed E-state index contributed by atoms with van der Waals surface area (Å²) in [5.74, 6) is -0.248. The molecule has 0 unspecified atom stereocenters. The molecule has 0 bridgehead atoms. The Balaban J connectivity index is 1.59. The molecule has 0 N–H and O–H groups in total. The van der Waals surface area contributed by atoms with Crippen molar-refractivity contribution in [2.45, 2.75) is 38.0 Å². The number of benzene rings is 3. The molecule has 0 saturated carbocycles. The molecule has 1 heterocycles. The molecule has 1 atom stereocenters. The van der Waals surface area contributed by atoms with E-state index in [0.717, 1.165) is 41.2 Å². The molecule has 6 heteroatoms. The maximum atomic E-state index is 13.3. The molecule has 4 rings (SSSR count). The zero-order valence-electron chi connectivity index (χ0n) is 17.4. The predicted molar refractivity (Wildman–Crippen MR) is 127 cm³/mol. The molecule has 1 saturated heterocycles. The van der Waals surface area contributed by atoms with Crippen LogP contribution in [0.5, 0.6) is 0 Å². The minimum atomic E-state index is -0.291. The Morgan fingerprint density at radius 2 is 1.84 bits per heavy atom. The highest BCUT2D eigenvalue weighted by Gasteiger charge is 2.37. The summed E-state index contributed by atoms with van der Waals surface area (Å²) < 4.78 is 13.3. The van der Waals surface area contributed by atoms with Gasteiger partial charge in [0.25, 0.3) is 0 Å². The van der Waals surface area contributed by atoms with Gasteiger partial charge < -0.3 is 0 Å². The maximum absolute atomic E-state index is 13.3. The average molecular weight is 434 g/mol. The summed E-state index contributed by atoms with van der Waals surface area (Å²) in [4.78, 5) is 14.7. The highest BCUT2D eigenvalue weighted by atomic mass is 32.2. The Hall–Kier alpha value is -2.99. The Kier molecular flexibility index (Phi) is 6.77. The van der Waals surface area contributed by atoms with Crippen molar-refractivity contribution in [1.82, 2.24) is 4.90 Å². The number of amides is 1. The molecule has 31 heavy (non-hydrogen) atoms. The fourth-order valence-electron chi connectivity index (χ4n) is 3.58. The van der Waals surface area contributed by atoms with Gasteiger partial charge in [-0.1, -0.05) is 86.1 Å². The zero-order chi connectivity index (χ0) is 21.6. The normalized spacial score (nSPS) is 18.0. The first kappa shape index (κ1) is 21.2. The fraction of sp³-hybridized carbons (Fsp3) is 0.240. The van der Waals surface area contributed by atoms with Crippen LogP contribution in [0.4, 0.5) is 4.39 Å². The summed E-state index contributed by atoms with van der Waals surface area (Å²) in [5.41, 5.74) is 1.83. The molecule has 3 aromatic rings. The van der Waals surface area contributed by atoms with E-state index in [2.05, 4.69) is 35.3 Å². The van der Waals surface area contributed by atoms with Gasteiger partial charge in [-0.15, -0.1) is 5.10 Å². The maximum Gasteiger partial charge on any atom is 0.242 e. The van der Waals surface area contributed by atoms with Crippen LogP contribution in [0.1, 0.15) is 37.3 Å². The molecule has 158 valence electrons. The Morgan fingerprint density at radius 3 is 2.65 bits per heavy atom. The molecule has 3 aromatic carbocycles. The van der Waals surface area contributed by atoms with Gasteiger partial charge in [-0.05, 0) is 34.9 Å². The third-order valence-electron chi connectivity index (χ3n) is 5.26. The summed E-state index contributed by atoms with van der Waals surface area (Å²) in [6.07, 6.45) is 4.57. The molecule has 4 nitrogen and oxygen atoms in total. The van der Waals surface area contributed by atoms with Gasteiger partial charge in [0.15, 0.2) is 5.17 Å². The Bertz CT molecular complexity index is 1120. The van der Waals surface area contributed by atoms with Crippen LogP contribution in [0.15, 0.2) is 76.9 Å². The zero-order valence-corrected chi connectivity index (χ0v) is 18.2. The molecular formula is C25H24FN3OS. The number of carbonyl (C=O) groups excluding carboxylic acids is 1. The predicted octanol–water partition coefficient (Wildman–Crippen LogP) is 6.00. The smallest absolute Gasteiger partial charge is 0.242 e. The lowest BCUT2D eigenvalue weighted by atomic mass is 10.1. The van der Waals surface area contributed by atoms with Crippen LogP contribution in [-0.4, -0.2) is 27.4 Å². The van der Waals surface area contributed by atoms with Crippen LogP contribution in [-0.2, 0) is 11.3 Å². The monoisotopic (exact) mass is 433 g/mol. The number of thioether (sulfide) groups is 1. The quantitative estimate of drug-likeness (QED) is 0.339. The van der Waals surface area contributed by atoms with Gasteiger partial charge >= 0.3 is 0 Å². The number of halogens is 1. The highest BCUT2D eigenvalue weighted by molar-refractivity contribution is 8.15. The topological polar surface area (TPSA) is 45.0 Å². The van der Waals surface area contributed by atoms with E-state index in [1.165, 1.54) is 23.9 Å². The molecule has 1 fully saturated rings. The van der Waals surface area contributed by atoms with E-state index in [1.54, 1.807) is 23.2 Å². The van der Waals surface area contributed by atoms with Crippen LogP contribution < -0.4 is 0 Å². The van der Waals surface area contributed by atoms with Gasteiger partial charge in [0.2, 0.25) is 5.91 Å².